The van der Waals surface area contributed by atoms with Gasteiger partial charge in [0.2, 0.25) is 0 Å². The second kappa shape index (κ2) is 8.35. The molecule has 1 amide bonds. The lowest BCUT2D eigenvalue weighted by Crippen LogP contribution is -2.40. The van der Waals surface area contributed by atoms with Crippen molar-refractivity contribution >= 4 is 5.91 Å². The maximum Gasteiger partial charge on any atom is 0.434 e. The quantitative estimate of drug-likeness (QED) is 0.786. The summed E-state index contributed by atoms with van der Waals surface area (Å²) in [5.74, 6) is -0.817. The van der Waals surface area contributed by atoms with E-state index in [0.717, 1.165) is 29.3 Å². The van der Waals surface area contributed by atoms with Gasteiger partial charge in [-0.05, 0) is 25.5 Å². The number of benzene rings is 1. The van der Waals surface area contributed by atoms with Crippen molar-refractivity contribution in [2.45, 2.75) is 45.3 Å². The summed E-state index contributed by atoms with van der Waals surface area (Å²) in [5.41, 5.74) is 5.17. The number of nitrogens with two attached hydrogens (primary N) is 1. The molecule has 0 aliphatic carbocycles. The zero-order valence-corrected chi connectivity index (χ0v) is 14.8. The lowest BCUT2D eigenvalue weighted by Gasteiger charge is -2.17. The normalized spacial score (nSPS) is 12.8. The number of amides is 1. The van der Waals surface area contributed by atoms with Gasteiger partial charge >= 0.3 is 6.18 Å². The van der Waals surface area contributed by atoms with Crippen LogP contribution in [0.2, 0.25) is 0 Å². The van der Waals surface area contributed by atoms with Crippen molar-refractivity contribution in [1.82, 2.24) is 15.1 Å². The van der Waals surface area contributed by atoms with Gasteiger partial charge in [0.05, 0.1) is 17.4 Å². The van der Waals surface area contributed by atoms with Gasteiger partial charge in [-0.15, -0.1) is 0 Å². The fourth-order valence-electron chi connectivity index (χ4n) is 2.63. The highest BCUT2D eigenvalue weighted by Gasteiger charge is 2.40. The summed E-state index contributed by atoms with van der Waals surface area (Å²) in [4.78, 5) is 12.4. The average Bonchev–Trinajstić information content (AvgIpc) is 3.04. The molecule has 5 nitrogen and oxygen atoms in total. The second-order valence-corrected chi connectivity index (χ2v) is 6.20. The van der Waals surface area contributed by atoms with Crippen LogP contribution in [0, 0.1) is 6.92 Å². The van der Waals surface area contributed by atoms with E-state index >= 15 is 0 Å². The predicted octanol–water partition coefficient (Wildman–Crippen LogP) is 3.45. The lowest BCUT2D eigenvalue weighted by atomic mass is 10.1. The SMILES string of the molecule is CCCCC(CN)NC(=O)c1cnn(-c2ccc(C)cc2)c1C(F)(F)F. The number of aromatic nitrogens is 2. The van der Waals surface area contributed by atoms with Crippen molar-refractivity contribution in [2.75, 3.05) is 6.54 Å². The average molecular weight is 368 g/mol. The highest BCUT2D eigenvalue weighted by atomic mass is 19.4. The second-order valence-electron chi connectivity index (χ2n) is 6.20. The first-order chi connectivity index (χ1) is 12.3. The number of rotatable bonds is 7. The van der Waals surface area contributed by atoms with Gasteiger partial charge in [-0.3, -0.25) is 4.79 Å². The molecule has 2 aromatic rings. The Labute approximate surface area is 150 Å². The van der Waals surface area contributed by atoms with Gasteiger partial charge in [0.25, 0.3) is 5.91 Å². The van der Waals surface area contributed by atoms with E-state index in [0.29, 0.717) is 6.42 Å². The Hall–Kier alpha value is -2.35. The largest absolute Gasteiger partial charge is 0.434 e. The van der Waals surface area contributed by atoms with E-state index in [4.69, 9.17) is 5.73 Å². The number of carbonyl (C=O) groups excluding carboxylic acids is 1. The van der Waals surface area contributed by atoms with E-state index in [1.807, 2.05) is 13.8 Å². The first-order valence-corrected chi connectivity index (χ1v) is 8.51. The molecule has 2 rings (SSSR count). The first kappa shape index (κ1) is 20.0. The maximum atomic E-state index is 13.6. The van der Waals surface area contributed by atoms with Gasteiger partial charge in [-0.2, -0.15) is 18.3 Å². The van der Waals surface area contributed by atoms with Gasteiger partial charge in [0.15, 0.2) is 5.69 Å². The molecule has 1 aromatic carbocycles. The number of nitrogens with one attached hydrogen (secondary N) is 1. The summed E-state index contributed by atoms with van der Waals surface area (Å²) in [6.07, 6.45) is -1.42. The van der Waals surface area contributed by atoms with Gasteiger partial charge in [-0.1, -0.05) is 37.5 Å². The van der Waals surface area contributed by atoms with E-state index < -0.39 is 23.3 Å². The van der Waals surface area contributed by atoms with Crippen molar-refractivity contribution in [3.63, 3.8) is 0 Å². The van der Waals surface area contributed by atoms with Crippen molar-refractivity contribution in [3.05, 3.63) is 47.3 Å². The molecule has 8 heteroatoms. The molecule has 26 heavy (non-hydrogen) atoms. The number of aryl methyl sites for hydroxylation is 1. The van der Waals surface area contributed by atoms with Crippen LogP contribution in [0.1, 0.15) is 47.8 Å². The van der Waals surface area contributed by atoms with Crippen molar-refractivity contribution in [2.24, 2.45) is 5.73 Å². The maximum absolute atomic E-state index is 13.6. The third-order valence-electron chi connectivity index (χ3n) is 4.09. The first-order valence-electron chi connectivity index (χ1n) is 8.51. The molecule has 0 saturated carbocycles. The number of unbranched alkanes of at least 4 members (excludes halogenated alkanes) is 1. The summed E-state index contributed by atoms with van der Waals surface area (Å²) in [6.45, 7) is 3.99. The van der Waals surface area contributed by atoms with E-state index in [2.05, 4.69) is 10.4 Å². The minimum absolute atomic E-state index is 0.166. The van der Waals surface area contributed by atoms with Crippen LogP contribution in [0.5, 0.6) is 0 Å². The zero-order chi connectivity index (χ0) is 19.3. The minimum Gasteiger partial charge on any atom is -0.348 e. The van der Waals surface area contributed by atoms with Crippen molar-refractivity contribution in [3.8, 4) is 5.69 Å². The lowest BCUT2D eigenvalue weighted by molar-refractivity contribution is -0.143. The van der Waals surface area contributed by atoms with Crippen LogP contribution in [0.25, 0.3) is 5.69 Å². The van der Waals surface area contributed by atoms with E-state index in [1.54, 1.807) is 12.1 Å². The number of alkyl halides is 3. The monoisotopic (exact) mass is 368 g/mol. The zero-order valence-electron chi connectivity index (χ0n) is 14.8. The molecule has 0 aliphatic heterocycles. The molecule has 0 spiro atoms. The van der Waals surface area contributed by atoms with E-state index in [9.17, 15) is 18.0 Å². The molecule has 1 atom stereocenters. The summed E-state index contributed by atoms with van der Waals surface area (Å²) >= 11 is 0. The van der Waals surface area contributed by atoms with Gasteiger partial charge in [0.1, 0.15) is 0 Å². The van der Waals surface area contributed by atoms with Crippen LogP contribution in [0.3, 0.4) is 0 Å². The van der Waals surface area contributed by atoms with E-state index in [1.165, 1.54) is 12.1 Å². The van der Waals surface area contributed by atoms with Gasteiger partial charge in [0, 0.05) is 12.6 Å². The standard InChI is InChI=1S/C18H23F3N4O/c1-3-4-5-13(10-22)24-17(26)15-11-23-25(16(15)18(19,20)21)14-8-6-12(2)7-9-14/h6-9,11,13H,3-5,10,22H2,1-2H3,(H,24,26). The molecule has 0 fully saturated rings. The molecule has 0 aliphatic rings. The number of carbonyl (C=O) groups is 1. The summed E-state index contributed by atoms with van der Waals surface area (Å²) < 4.78 is 41.6. The predicted molar refractivity (Wildman–Crippen MR) is 93.1 cm³/mol. The topological polar surface area (TPSA) is 72.9 Å². The summed E-state index contributed by atoms with van der Waals surface area (Å²) in [6, 6.07) is 6.07. The third kappa shape index (κ3) is 4.63. The Morgan fingerprint density at radius 3 is 2.50 bits per heavy atom. The molecule has 142 valence electrons. The smallest absolute Gasteiger partial charge is 0.348 e. The van der Waals surface area contributed by atoms with Crippen LogP contribution >= 0.6 is 0 Å². The molecule has 1 heterocycles. The van der Waals surface area contributed by atoms with Crippen LogP contribution in [0.15, 0.2) is 30.5 Å². The minimum atomic E-state index is -4.73. The number of hydrogen-bond acceptors (Lipinski definition) is 3. The number of hydrogen-bond donors (Lipinski definition) is 2. The molecular formula is C18H23F3N4O. The van der Waals surface area contributed by atoms with Gasteiger partial charge < -0.3 is 11.1 Å². The fourth-order valence-corrected chi connectivity index (χ4v) is 2.63. The molecule has 0 bridgehead atoms. The summed E-state index contributed by atoms with van der Waals surface area (Å²) in [7, 11) is 0. The Morgan fingerprint density at radius 2 is 1.96 bits per heavy atom. The Bertz CT molecular complexity index is 738. The fraction of sp³-hybridized carbons (Fsp3) is 0.444. The molecule has 0 saturated heterocycles. The van der Waals surface area contributed by atoms with Crippen LogP contribution in [-0.2, 0) is 6.18 Å². The Morgan fingerprint density at radius 1 is 1.31 bits per heavy atom. The molecule has 1 aromatic heterocycles. The molecule has 3 N–H and O–H groups in total. The highest BCUT2D eigenvalue weighted by molar-refractivity contribution is 5.95. The number of halogens is 3. The van der Waals surface area contributed by atoms with Crippen LogP contribution < -0.4 is 11.1 Å². The van der Waals surface area contributed by atoms with E-state index in [-0.39, 0.29) is 18.3 Å². The Balaban J connectivity index is 2.37. The summed E-state index contributed by atoms with van der Waals surface area (Å²) in [5, 5.41) is 6.39. The van der Waals surface area contributed by atoms with Crippen LogP contribution in [0.4, 0.5) is 13.2 Å². The molecular weight excluding hydrogens is 345 g/mol. The molecule has 1 unspecified atom stereocenters. The highest BCUT2D eigenvalue weighted by Crippen LogP contribution is 2.33. The van der Waals surface area contributed by atoms with Crippen molar-refractivity contribution < 1.29 is 18.0 Å². The molecule has 0 radical (unpaired) electrons. The van der Waals surface area contributed by atoms with Crippen LogP contribution in [-0.4, -0.2) is 28.3 Å². The number of nitrogens with zero attached hydrogens (tertiary/aromatic N) is 2. The third-order valence-corrected chi connectivity index (χ3v) is 4.09. The Kier molecular flexibility index (Phi) is 6.42. The van der Waals surface area contributed by atoms with Gasteiger partial charge in [-0.25, -0.2) is 4.68 Å². The van der Waals surface area contributed by atoms with Crippen molar-refractivity contribution in [1.29, 1.82) is 0 Å².